The highest BCUT2D eigenvalue weighted by Crippen LogP contribution is 2.23. The van der Waals surface area contributed by atoms with Gasteiger partial charge in [-0.3, -0.25) is 14.4 Å². The van der Waals surface area contributed by atoms with E-state index in [4.69, 9.17) is 0 Å². The number of hydrogen-bond donors (Lipinski definition) is 1. The Hall–Kier alpha value is -2.16. The van der Waals surface area contributed by atoms with E-state index >= 15 is 0 Å². The highest BCUT2D eigenvalue weighted by molar-refractivity contribution is 5.97. The van der Waals surface area contributed by atoms with Gasteiger partial charge in [0, 0.05) is 50.7 Å². The predicted molar refractivity (Wildman–Crippen MR) is 127 cm³/mol. The van der Waals surface area contributed by atoms with Gasteiger partial charge in [-0.05, 0) is 57.3 Å². The number of aryl methyl sites for hydroxylation is 2. The minimum Gasteiger partial charge on any atom is -0.338 e. The Labute approximate surface area is 200 Å². The minimum absolute atomic E-state index is 0. The second-order valence-corrected chi connectivity index (χ2v) is 8.38. The lowest BCUT2D eigenvalue weighted by Crippen LogP contribution is -2.45. The number of imidazole rings is 1. The van der Waals surface area contributed by atoms with Gasteiger partial charge in [-0.25, -0.2) is 4.98 Å². The van der Waals surface area contributed by atoms with Crippen molar-refractivity contribution in [2.75, 3.05) is 26.2 Å². The Bertz CT molecular complexity index is 1010. The van der Waals surface area contributed by atoms with Crippen molar-refractivity contribution in [1.82, 2.24) is 24.3 Å². The summed E-state index contributed by atoms with van der Waals surface area (Å²) in [4.78, 5) is 45.3. The van der Waals surface area contributed by atoms with Crippen molar-refractivity contribution < 1.29 is 9.59 Å². The van der Waals surface area contributed by atoms with E-state index in [0.29, 0.717) is 24.5 Å². The molecular formula is C22H31Cl2N5O3. The molecule has 0 radical (unpaired) electrons. The number of carbonyl (C=O) groups excluding carboxylic acids is 2. The maximum absolute atomic E-state index is 13.4. The van der Waals surface area contributed by atoms with E-state index in [1.807, 2.05) is 19.2 Å². The van der Waals surface area contributed by atoms with Gasteiger partial charge in [0.15, 0.2) is 5.82 Å². The number of pyridine rings is 1. The maximum atomic E-state index is 13.4. The lowest BCUT2D eigenvalue weighted by atomic mass is 9.92. The molecule has 0 spiro atoms. The van der Waals surface area contributed by atoms with Gasteiger partial charge >= 0.3 is 0 Å². The van der Waals surface area contributed by atoms with Crippen LogP contribution in [0.1, 0.15) is 58.3 Å². The number of carbonyl (C=O) groups is 2. The van der Waals surface area contributed by atoms with Crippen LogP contribution in [0.5, 0.6) is 0 Å². The van der Waals surface area contributed by atoms with Crippen LogP contribution < -0.4 is 10.9 Å². The summed E-state index contributed by atoms with van der Waals surface area (Å²) in [7, 11) is 1.79. The first kappa shape index (κ1) is 26.1. The smallest absolute Gasteiger partial charge is 0.263 e. The van der Waals surface area contributed by atoms with Crippen LogP contribution in [0, 0.1) is 12.8 Å². The van der Waals surface area contributed by atoms with Crippen LogP contribution in [0.15, 0.2) is 29.5 Å². The van der Waals surface area contributed by atoms with Crippen molar-refractivity contribution in [3.8, 4) is 0 Å². The summed E-state index contributed by atoms with van der Waals surface area (Å²) >= 11 is 0. The fourth-order valence-electron chi connectivity index (χ4n) is 4.59. The standard InChI is InChI=1S/C22H29N5O3.2ClH/c1-15-7-12-27(17-5-8-23-9-6-17)22(30)18(15)21(29)26-11-3-4-16(14-26)19(28)20-24-10-13-25(20)2;;/h7,10,12-13,16-17,23H,3-6,8-9,11,14H2,1-2H3;2*1H. The van der Waals surface area contributed by atoms with Gasteiger partial charge in [-0.2, -0.15) is 0 Å². The molecular weight excluding hydrogens is 453 g/mol. The molecule has 4 heterocycles. The number of nitrogens with zero attached hydrogens (tertiary/aromatic N) is 4. The van der Waals surface area contributed by atoms with Crippen LogP contribution in [0.2, 0.25) is 0 Å². The third kappa shape index (κ3) is 5.08. The molecule has 8 nitrogen and oxygen atoms in total. The topological polar surface area (TPSA) is 89.2 Å². The third-order valence-electron chi connectivity index (χ3n) is 6.36. The summed E-state index contributed by atoms with van der Waals surface area (Å²) in [6.45, 7) is 4.44. The summed E-state index contributed by atoms with van der Waals surface area (Å²) in [6, 6.07) is 1.97. The Morgan fingerprint density at radius 1 is 1.12 bits per heavy atom. The van der Waals surface area contributed by atoms with E-state index in [1.54, 1.807) is 33.5 Å². The number of nitrogens with one attached hydrogen (secondary N) is 1. The molecule has 0 aromatic carbocycles. The molecule has 10 heteroatoms. The summed E-state index contributed by atoms with van der Waals surface area (Å²) < 4.78 is 3.43. The first-order valence-corrected chi connectivity index (χ1v) is 10.7. The highest BCUT2D eigenvalue weighted by atomic mass is 35.5. The quantitative estimate of drug-likeness (QED) is 0.674. The zero-order valence-electron chi connectivity index (χ0n) is 18.5. The lowest BCUT2D eigenvalue weighted by molar-refractivity contribution is 0.0630. The number of ketones is 1. The number of halogens is 2. The van der Waals surface area contributed by atoms with Crippen molar-refractivity contribution in [3.05, 3.63) is 52.0 Å². The average Bonchev–Trinajstić information content (AvgIpc) is 3.19. The third-order valence-corrected chi connectivity index (χ3v) is 6.36. The SMILES string of the molecule is Cc1ccn(C2CCNCC2)c(=O)c1C(=O)N1CCCC(C(=O)c2nccn2C)C1.Cl.Cl. The largest absolute Gasteiger partial charge is 0.338 e. The molecule has 2 aliphatic heterocycles. The van der Waals surface area contributed by atoms with E-state index in [0.717, 1.165) is 38.8 Å². The molecule has 2 aromatic heterocycles. The molecule has 2 saturated heterocycles. The first-order valence-electron chi connectivity index (χ1n) is 10.7. The molecule has 4 rings (SSSR count). The minimum atomic E-state index is -0.292. The van der Waals surface area contributed by atoms with Crippen molar-refractivity contribution in [2.45, 2.75) is 38.6 Å². The molecule has 2 fully saturated rings. The zero-order chi connectivity index (χ0) is 21.3. The van der Waals surface area contributed by atoms with Crippen molar-refractivity contribution in [1.29, 1.82) is 0 Å². The molecule has 176 valence electrons. The number of aromatic nitrogens is 3. The highest BCUT2D eigenvalue weighted by Gasteiger charge is 2.33. The van der Waals surface area contributed by atoms with E-state index in [1.165, 1.54) is 0 Å². The molecule has 1 amide bonds. The fourth-order valence-corrected chi connectivity index (χ4v) is 4.59. The molecule has 1 unspecified atom stereocenters. The monoisotopic (exact) mass is 483 g/mol. The fraction of sp³-hybridized carbons (Fsp3) is 0.545. The Morgan fingerprint density at radius 2 is 1.84 bits per heavy atom. The maximum Gasteiger partial charge on any atom is 0.263 e. The Balaban J connectivity index is 0.00000181. The lowest BCUT2D eigenvalue weighted by Gasteiger charge is -2.32. The number of rotatable bonds is 4. The van der Waals surface area contributed by atoms with Crippen LogP contribution >= 0.6 is 24.8 Å². The van der Waals surface area contributed by atoms with E-state index in [-0.39, 0.29) is 59.6 Å². The van der Waals surface area contributed by atoms with Gasteiger partial charge in [-0.1, -0.05) is 0 Å². The Morgan fingerprint density at radius 3 is 2.50 bits per heavy atom. The summed E-state index contributed by atoms with van der Waals surface area (Å²) in [5.74, 6) is -0.187. The van der Waals surface area contributed by atoms with E-state index in [2.05, 4.69) is 10.3 Å². The van der Waals surface area contributed by atoms with E-state index in [9.17, 15) is 14.4 Å². The van der Waals surface area contributed by atoms with Gasteiger partial charge in [0.25, 0.3) is 11.5 Å². The van der Waals surface area contributed by atoms with Crippen LogP contribution in [0.25, 0.3) is 0 Å². The molecule has 2 aromatic rings. The number of piperidine rings is 2. The second-order valence-electron chi connectivity index (χ2n) is 8.38. The van der Waals surface area contributed by atoms with Gasteiger partial charge in [0.2, 0.25) is 5.78 Å². The molecule has 0 saturated carbocycles. The van der Waals surface area contributed by atoms with Crippen LogP contribution in [0.4, 0.5) is 0 Å². The van der Waals surface area contributed by atoms with Crippen molar-refractivity contribution in [3.63, 3.8) is 0 Å². The summed E-state index contributed by atoms with van der Waals surface area (Å²) in [6.07, 6.45) is 8.38. The van der Waals surface area contributed by atoms with Gasteiger partial charge < -0.3 is 19.4 Å². The van der Waals surface area contributed by atoms with Gasteiger partial charge in [-0.15, -0.1) is 24.8 Å². The second kappa shape index (κ2) is 11.1. The number of amides is 1. The first-order chi connectivity index (χ1) is 14.5. The summed E-state index contributed by atoms with van der Waals surface area (Å²) in [5, 5.41) is 3.31. The van der Waals surface area contributed by atoms with Crippen LogP contribution in [-0.2, 0) is 7.05 Å². The molecule has 0 bridgehead atoms. The molecule has 1 N–H and O–H groups in total. The number of likely N-dealkylation sites (tertiary alicyclic amines) is 1. The average molecular weight is 484 g/mol. The molecule has 2 aliphatic rings. The van der Waals surface area contributed by atoms with Crippen molar-refractivity contribution >= 4 is 36.5 Å². The van der Waals surface area contributed by atoms with Crippen LogP contribution in [-0.4, -0.2) is 56.9 Å². The Kier molecular flexibility index (Phi) is 9.07. The predicted octanol–water partition coefficient (Wildman–Crippen LogP) is 2.39. The molecule has 0 aliphatic carbocycles. The molecule has 1 atom stereocenters. The van der Waals surface area contributed by atoms with Crippen LogP contribution in [0.3, 0.4) is 0 Å². The summed E-state index contributed by atoms with van der Waals surface area (Å²) in [5.41, 5.74) is 0.707. The van der Waals surface area contributed by atoms with Crippen molar-refractivity contribution in [2.24, 2.45) is 13.0 Å². The number of Topliss-reactive ketones (excluding diaryl/α,β-unsaturated/α-hetero) is 1. The van der Waals surface area contributed by atoms with E-state index < -0.39 is 0 Å². The number of hydrogen-bond acceptors (Lipinski definition) is 5. The zero-order valence-corrected chi connectivity index (χ0v) is 20.1. The normalized spacial score (nSPS) is 19.1. The molecule has 32 heavy (non-hydrogen) atoms. The van der Waals surface area contributed by atoms with Gasteiger partial charge in [0.05, 0.1) is 0 Å². The van der Waals surface area contributed by atoms with Gasteiger partial charge in [0.1, 0.15) is 5.56 Å².